The summed E-state index contributed by atoms with van der Waals surface area (Å²) in [6, 6.07) is 2.20. The molecule has 4 aromatic rings. The van der Waals surface area contributed by atoms with Gasteiger partial charge in [-0.2, -0.15) is 41.6 Å². The van der Waals surface area contributed by atoms with E-state index >= 15 is 0 Å². The van der Waals surface area contributed by atoms with Crippen LogP contribution in [0.3, 0.4) is 0 Å². The van der Waals surface area contributed by atoms with E-state index in [2.05, 4.69) is 25.6 Å². The van der Waals surface area contributed by atoms with Crippen molar-refractivity contribution in [3.63, 3.8) is 0 Å². The summed E-state index contributed by atoms with van der Waals surface area (Å²) in [7, 11) is 0. The predicted molar refractivity (Wildman–Crippen MR) is 106 cm³/mol. The van der Waals surface area contributed by atoms with Crippen molar-refractivity contribution in [1.82, 2.24) is 29.8 Å². The number of pyridine rings is 1. The molecule has 3 aromatic heterocycles. The summed E-state index contributed by atoms with van der Waals surface area (Å²) in [4.78, 5) is 17.6. The number of anilines is 1. The lowest BCUT2D eigenvalue weighted by Gasteiger charge is -2.17. The first-order valence-corrected chi connectivity index (χ1v) is 9.60. The van der Waals surface area contributed by atoms with Gasteiger partial charge < -0.3 is 5.32 Å². The quantitative estimate of drug-likeness (QED) is 0.386. The van der Waals surface area contributed by atoms with E-state index in [1.165, 1.54) is 12.4 Å². The molecule has 182 valence electrons. The van der Waals surface area contributed by atoms with Crippen molar-refractivity contribution in [2.75, 3.05) is 5.32 Å². The van der Waals surface area contributed by atoms with Crippen LogP contribution >= 0.6 is 11.6 Å². The molecule has 0 aliphatic heterocycles. The van der Waals surface area contributed by atoms with E-state index in [-0.39, 0.29) is 27.3 Å². The van der Waals surface area contributed by atoms with Gasteiger partial charge in [0.05, 0.1) is 52.3 Å². The highest BCUT2D eigenvalue weighted by atomic mass is 35.5. The zero-order valence-corrected chi connectivity index (χ0v) is 17.5. The molecule has 0 unspecified atom stereocenters. The lowest BCUT2D eigenvalue weighted by molar-refractivity contribution is -0.145. The van der Waals surface area contributed by atoms with Gasteiger partial charge in [0.15, 0.2) is 11.5 Å². The summed E-state index contributed by atoms with van der Waals surface area (Å²) in [5.74, 6) is -2.62. The summed E-state index contributed by atoms with van der Waals surface area (Å²) in [6.45, 7) is 0. The number of halogens is 8. The fraction of sp³-hybridized carbons (Fsp3) is 0.105. The van der Waals surface area contributed by atoms with Gasteiger partial charge in [-0.3, -0.25) is 4.79 Å². The molecule has 1 aromatic carbocycles. The number of benzene rings is 1. The number of aromatic nitrogens is 6. The summed E-state index contributed by atoms with van der Waals surface area (Å²) < 4.78 is 95.0. The van der Waals surface area contributed by atoms with Gasteiger partial charge in [-0.15, -0.1) is 4.80 Å². The average Bonchev–Trinajstić information content (AvgIpc) is 3.43. The molecule has 0 saturated carbocycles. The third kappa shape index (κ3) is 4.80. The van der Waals surface area contributed by atoms with Crippen molar-refractivity contribution in [3.8, 4) is 11.5 Å². The van der Waals surface area contributed by atoms with Crippen molar-refractivity contribution in [3.05, 3.63) is 76.7 Å². The standard InChI is InChI=1S/C19H9ClF7N7O/c20-13-6-10(7-28-16(13)34-29-3-4-30-34)32-17(35)11-8-31-33(15(11)19(25,26)27)14-2-1-9(21)5-12(14)18(22,23)24/h1-8H,(H,32,35). The van der Waals surface area contributed by atoms with Crippen LogP contribution in [0.4, 0.5) is 36.4 Å². The lowest BCUT2D eigenvalue weighted by Crippen LogP contribution is -2.22. The highest BCUT2D eigenvalue weighted by molar-refractivity contribution is 6.32. The maximum absolute atomic E-state index is 13.9. The van der Waals surface area contributed by atoms with Crippen LogP contribution in [-0.2, 0) is 12.4 Å². The van der Waals surface area contributed by atoms with Crippen molar-refractivity contribution in [2.45, 2.75) is 12.4 Å². The number of carbonyl (C=O) groups is 1. The molecule has 0 aliphatic rings. The molecule has 1 N–H and O–H groups in total. The number of rotatable bonds is 4. The van der Waals surface area contributed by atoms with Crippen LogP contribution in [0.15, 0.2) is 49.1 Å². The van der Waals surface area contributed by atoms with Crippen LogP contribution < -0.4 is 5.32 Å². The first-order chi connectivity index (χ1) is 16.4. The van der Waals surface area contributed by atoms with E-state index in [0.29, 0.717) is 18.3 Å². The molecule has 0 atom stereocenters. The third-order valence-electron chi connectivity index (χ3n) is 4.46. The lowest BCUT2D eigenvalue weighted by atomic mass is 10.1. The molecule has 4 rings (SSSR count). The molecule has 0 bridgehead atoms. The van der Waals surface area contributed by atoms with Gasteiger partial charge in [0.1, 0.15) is 5.82 Å². The van der Waals surface area contributed by atoms with Gasteiger partial charge in [-0.05, 0) is 24.3 Å². The first-order valence-electron chi connectivity index (χ1n) is 9.22. The van der Waals surface area contributed by atoms with Gasteiger partial charge in [0, 0.05) is 0 Å². The first kappa shape index (κ1) is 24.1. The molecule has 8 nitrogen and oxygen atoms in total. The van der Waals surface area contributed by atoms with Gasteiger partial charge >= 0.3 is 12.4 Å². The number of amides is 1. The maximum atomic E-state index is 13.9. The topological polar surface area (TPSA) is 90.5 Å². The second-order valence-electron chi connectivity index (χ2n) is 6.78. The number of hydrogen-bond acceptors (Lipinski definition) is 5. The number of hydrogen-bond donors (Lipinski definition) is 1. The molecule has 16 heteroatoms. The summed E-state index contributed by atoms with van der Waals surface area (Å²) in [5, 5.41) is 13.0. The third-order valence-corrected chi connectivity index (χ3v) is 4.74. The van der Waals surface area contributed by atoms with Gasteiger partial charge in [-0.1, -0.05) is 11.6 Å². The van der Waals surface area contributed by atoms with Crippen molar-refractivity contribution in [1.29, 1.82) is 0 Å². The minimum Gasteiger partial charge on any atom is -0.320 e. The van der Waals surface area contributed by atoms with Crippen molar-refractivity contribution >= 4 is 23.2 Å². The van der Waals surface area contributed by atoms with Crippen LogP contribution in [0.2, 0.25) is 5.02 Å². The van der Waals surface area contributed by atoms with Crippen LogP contribution in [-0.4, -0.2) is 35.7 Å². The zero-order valence-electron chi connectivity index (χ0n) is 16.7. The molecule has 0 spiro atoms. The summed E-state index contributed by atoms with van der Waals surface area (Å²) in [5.41, 5.74) is -5.86. The van der Waals surface area contributed by atoms with Crippen LogP contribution in [0, 0.1) is 5.82 Å². The van der Waals surface area contributed by atoms with Gasteiger partial charge in [0.25, 0.3) is 5.91 Å². The highest BCUT2D eigenvalue weighted by Gasteiger charge is 2.43. The second-order valence-corrected chi connectivity index (χ2v) is 7.18. The van der Waals surface area contributed by atoms with E-state index in [1.807, 2.05) is 0 Å². The Kier molecular flexibility index (Phi) is 5.96. The second kappa shape index (κ2) is 8.65. The minimum absolute atomic E-state index is 0.0284. The fourth-order valence-electron chi connectivity index (χ4n) is 3.06. The molecule has 35 heavy (non-hydrogen) atoms. The van der Waals surface area contributed by atoms with Crippen LogP contribution in [0.5, 0.6) is 0 Å². The van der Waals surface area contributed by atoms with Gasteiger partial charge in [-0.25, -0.2) is 14.1 Å². The minimum atomic E-state index is -5.31. The SMILES string of the molecule is O=C(Nc1cnc(-n2nccn2)c(Cl)c1)c1cnn(-c2ccc(F)cc2C(F)(F)F)c1C(F)(F)F. The molecule has 0 aliphatic carbocycles. The van der Waals surface area contributed by atoms with E-state index in [1.54, 1.807) is 0 Å². The number of nitrogens with one attached hydrogen (secondary N) is 1. The Balaban J connectivity index is 1.74. The highest BCUT2D eigenvalue weighted by Crippen LogP contribution is 2.39. The molecule has 3 heterocycles. The Hall–Kier alpha value is -4.01. The Morgan fingerprint density at radius 1 is 0.943 bits per heavy atom. The average molecular weight is 520 g/mol. The molecule has 1 amide bonds. The smallest absolute Gasteiger partial charge is 0.320 e. The van der Waals surface area contributed by atoms with Crippen molar-refractivity contribution < 1.29 is 35.5 Å². The van der Waals surface area contributed by atoms with E-state index < -0.39 is 46.6 Å². The summed E-state index contributed by atoms with van der Waals surface area (Å²) in [6.07, 6.45) is -6.33. The maximum Gasteiger partial charge on any atom is 0.434 e. The summed E-state index contributed by atoms with van der Waals surface area (Å²) >= 11 is 6.06. The largest absolute Gasteiger partial charge is 0.434 e. The number of carbonyl (C=O) groups excluding carboxylic acids is 1. The molecule has 0 radical (unpaired) electrons. The molecular weight excluding hydrogens is 511 g/mol. The van der Waals surface area contributed by atoms with E-state index in [9.17, 15) is 35.5 Å². The van der Waals surface area contributed by atoms with Crippen LogP contribution in [0.1, 0.15) is 21.6 Å². The Labute approximate surface area is 194 Å². The number of nitrogens with zero attached hydrogens (tertiary/aromatic N) is 6. The normalized spacial score (nSPS) is 12.1. The zero-order chi connectivity index (χ0) is 25.5. The molecular formula is C19H9ClF7N7O. The van der Waals surface area contributed by atoms with E-state index in [4.69, 9.17) is 11.6 Å². The van der Waals surface area contributed by atoms with Gasteiger partial charge in [0.2, 0.25) is 0 Å². The van der Waals surface area contributed by atoms with Crippen LogP contribution in [0.25, 0.3) is 11.5 Å². The Morgan fingerprint density at radius 2 is 1.63 bits per heavy atom. The molecule has 0 fully saturated rings. The molecule has 0 saturated heterocycles. The number of alkyl halides is 6. The predicted octanol–water partition coefficient (Wildman–Crippen LogP) is 4.93. The van der Waals surface area contributed by atoms with E-state index in [0.717, 1.165) is 17.1 Å². The Bertz CT molecular complexity index is 1400. The fourth-order valence-corrected chi connectivity index (χ4v) is 3.30. The Morgan fingerprint density at radius 3 is 2.23 bits per heavy atom. The monoisotopic (exact) mass is 519 g/mol. The van der Waals surface area contributed by atoms with Crippen molar-refractivity contribution in [2.24, 2.45) is 0 Å².